The highest BCUT2D eigenvalue weighted by Crippen LogP contribution is 2.40. The molecule has 1 aliphatic carbocycles. The number of nitrogens with zero attached hydrogens (tertiary/aromatic N) is 2. The molecule has 11 heteroatoms. The van der Waals surface area contributed by atoms with E-state index in [0.29, 0.717) is 61.8 Å². The van der Waals surface area contributed by atoms with Crippen molar-refractivity contribution in [2.24, 2.45) is 5.92 Å². The summed E-state index contributed by atoms with van der Waals surface area (Å²) in [5, 5.41) is 10.1. The summed E-state index contributed by atoms with van der Waals surface area (Å²) in [6.45, 7) is 0.690. The summed E-state index contributed by atoms with van der Waals surface area (Å²) in [4.78, 5) is 33.5. The number of carbonyl (C=O) groups is 2. The molecular formula is C25H23F4N3O4. The van der Waals surface area contributed by atoms with Crippen LogP contribution in [0.25, 0.3) is 11.0 Å². The van der Waals surface area contributed by atoms with Gasteiger partial charge in [0.2, 0.25) is 0 Å². The van der Waals surface area contributed by atoms with Crippen LogP contribution in [0.3, 0.4) is 0 Å². The number of piperidine rings is 1. The first-order valence-corrected chi connectivity index (χ1v) is 11.7. The number of hydrogen-bond donors (Lipinski definition) is 2. The van der Waals surface area contributed by atoms with Crippen molar-refractivity contribution < 1.29 is 37.0 Å². The van der Waals surface area contributed by atoms with Crippen molar-refractivity contribution >= 4 is 22.9 Å². The first-order chi connectivity index (χ1) is 17.1. The van der Waals surface area contributed by atoms with Gasteiger partial charge in [-0.25, -0.2) is 9.37 Å². The minimum absolute atomic E-state index is 0.188. The number of alkyl halides is 3. The Bertz CT molecular complexity index is 1310. The number of aromatic nitrogens is 2. The van der Waals surface area contributed by atoms with E-state index in [0.717, 1.165) is 23.4 Å². The molecule has 36 heavy (non-hydrogen) atoms. The quantitative estimate of drug-likeness (QED) is 0.497. The maximum absolute atomic E-state index is 15.1. The number of carboxylic acids is 1. The van der Waals surface area contributed by atoms with Crippen molar-refractivity contribution in [3.63, 3.8) is 0 Å². The Morgan fingerprint density at radius 1 is 1.11 bits per heavy atom. The zero-order valence-electron chi connectivity index (χ0n) is 19.1. The maximum atomic E-state index is 15.1. The molecule has 1 unspecified atom stereocenters. The molecule has 190 valence electrons. The van der Waals surface area contributed by atoms with Crippen LogP contribution in [0.2, 0.25) is 0 Å². The lowest BCUT2D eigenvalue weighted by atomic mass is 9.82. The summed E-state index contributed by atoms with van der Waals surface area (Å²) in [6, 6.07) is 4.75. The summed E-state index contributed by atoms with van der Waals surface area (Å²) < 4.78 is 56.1. The van der Waals surface area contributed by atoms with Crippen molar-refractivity contribution in [2.75, 3.05) is 13.1 Å². The monoisotopic (exact) mass is 505 g/mol. The zero-order valence-corrected chi connectivity index (χ0v) is 19.1. The van der Waals surface area contributed by atoms with Crippen LogP contribution in [-0.2, 0) is 17.6 Å². The molecule has 0 saturated carbocycles. The Balaban J connectivity index is 1.33. The zero-order chi connectivity index (χ0) is 25.6. The van der Waals surface area contributed by atoms with Gasteiger partial charge in [-0.1, -0.05) is 0 Å². The lowest BCUT2D eigenvalue weighted by Gasteiger charge is -2.33. The minimum Gasteiger partial charge on any atom is -0.481 e. The highest BCUT2D eigenvalue weighted by Gasteiger charge is 2.33. The van der Waals surface area contributed by atoms with Crippen molar-refractivity contribution in [1.29, 1.82) is 0 Å². The van der Waals surface area contributed by atoms with Crippen LogP contribution < -0.4 is 4.74 Å². The first-order valence-electron chi connectivity index (χ1n) is 11.7. The summed E-state index contributed by atoms with van der Waals surface area (Å²) >= 11 is 0. The number of nitrogens with one attached hydrogen (secondary N) is 1. The standard InChI is InChI=1S/C25H23F4N3O4/c26-18-12-30-22-21(17-11-15(24(34)35)3-6-19(17)31-22)20(18)13-7-9-32(10-8-13)23(33)14-1-4-16(5-2-14)36-25(27,28)29/h1-2,4-5,12-13,15H,3,6-11H2,(H,30,31)(H,34,35). The van der Waals surface area contributed by atoms with E-state index in [1.54, 1.807) is 4.90 Å². The number of ether oxygens (including phenoxy) is 1. The second kappa shape index (κ2) is 9.11. The summed E-state index contributed by atoms with van der Waals surface area (Å²) in [5.74, 6) is -2.77. The van der Waals surface area contributed by atoms with Crippen LogP contribution in [0.4, 0.5) is 17.6 Å². The van der Waals surface area contributed by atoms with Gasteiger partial charge in [-0.05, 0) is 67.9 Å². The molecule has 2 aliphatic rings. The van der Waals surface area contributed by atoms with Crippen molar-refractivity contribution in [1.82, 2.24) is 14.9 Å². The number of amides is 1. The van der Waals surface area contributed by atoms with Gasteiger partial charge in [0.05, 0.1) is 12.1 Å². The van der Waals surface area contributed by atoms with Gasteiger partial charge in [0.25, 0.3) is 5.91 Å². The van der Waals surface area contributed by atoms with Gasteiger partial charge >= 0.3 is 12.3 Å². The molecule has 0 bridgehead atoms. The molecule has 1 amide bonds. The predicted molar refractivity (Wildman–Crippen MR) is 120 cm³/mol. The van der Waals surface area contributed by atoms with E-state index in [-0.39, 0.29) is 17.4 Å². The Kier molecular flexibility index (Phi) is 6.09. The molecule has 7 nitrogen and oxygen atoms in total. The van der Waals surface area contributed by atoms with Gasteiger partial charge < -0.3 is 19.7 Å². The molecule has 0 spiro atoms. The van der Waals surface area contributed by atoms with E-state index in [1.807, 2.05) is 0 Å². The van der Waals surface area contributed by atoms with Crippen LogP contribution in [-0.4, -0.2) is 51.3 Å². The van der Waals surface area contributed by atoms with Crippen LogP contribution in [0, 0.1) is 11.7 Å². The molecule has 1 fully saturated rings. The number of halogens is 4. The van der Waals surface area contributed by atoms with Crippen LogP contribution in [0.1, 0.15) is 52.4 Å². The van der Waals surface area contributed by atoms with Gasteiger partial charge in [-0.2, -0.15) is 0 Å². The van der Waals surface area contributed by atoms with Gasteiger partial charge in [0.1, 0.15) is 17.2 Å². The minimum atomic E-state index is -4.81. The summed E-state index contributed by atoms with van der Waals surface area (Å²) in [7, 11) is 0. The maximum Gasteiger partial charge on any atom is 0.573 e. The number of likely N-dealkylation sites (tertiary alicyclic amines) is 1. The Labute approximate surface area is 203 Å². The normalized spacial score (nSPS) is 18.8. The Morgan fingerprint density at radius 3 is 2.44 bits per heavy atom. The third-order valence-electron chi connectivity index (χ3n) is 7.07. The molecule has 1 aliphatic heterocycles. The van der Waals surface area contributed by atoms with Gasteiger partial charge in [-0.15, -0.1) is 13.2 Å². The molecule has 1 aromatic carbocycles. The molecule has 0 radical (unpaired) electrons. The van der Waals surface area contributed by atoms with Crippen LogP contribution in [0.5, 0.6) is 5.75 Å². The number of aryl methyl sites for hydroxylation is 1. The molecule has 2 N–H and O–H groups in total. The largest absolute Gasteiger partial charge is 0.573 e. The lowest BCUT2D eigenvalue weighted by Crippen LogP contribution is -2.38. The molecular weight excluding hydrogens is 482 g/mol. The Morgan fingerprint density at radius 2 is 1.81 bits per heavy atom. The number of carboxylic acid groups (broad SMARTS) is 1. The van der Waals surface area contributed by atoms with Gasteiger partial charge in [-0.3, -0.25) is 9.59 Å². The van der Waals surface area contributed by atoms with Crippen molar-refractivity contribution in [2.45, 2.75) is 44.4 Å². The Hall–Kier alpha value is -3.63. The number of aliphatic carboxylic acids is 1. The molecule has 3 heterocycles. The highest BCUT2D eigenvalue weighted by atomic mass is 19.4. The van der Waals surface area contributed by atoms with E-state index in [2.05, 4.69) is 14.7 Å². The van der Waals surface area contributed by atoms with Crippen LogP contribution >= 0.6 is 0 Å². The second-order valence-electron chi connectivity index (χ2n) is 9.24. The number of fused-ring (bicyclic) bond motifs is 3. The van der Waals surface area contributed by atoms with Gasteiger partial charge in [0, 0.05) is 35.3 Å². The molecule has 2 aromatic heterocycles. The average molecular weight is 505 g/mol. The van der Waals surface area contributed by atoms with Crippen molar-refractivity contribution in [3.8, 4) is 5.75 Å². The van der Waals surface area contributed by atoms with Gasteiger partial charge in [0.15, 0.2) is 0 Å². The van der Waals surface area contributed by atoms with E-state index in [1.165, 1.54) is 18.3 Å². The second-order valence-corrected chi connectivity index (χ2v) is 9.24. The highest BCUT2D eigenvalue weighted by molar-refractivity contribution is 5.94. The third kappa shape index (κ3) is 4.61. The number of hydrogen-bond acceptors (Lipinski definition) is 4. The number of rotatable bonds is 4. The molecule has 1 saturated heterocycles. The van der Waals surface area contributed by atoms with E-state index >= 15 is 4.39 Å². The van der Waals surface area contributed by atoms with E-state index in [4.69, 9.17) is 0 Å². The summed E-state index contributed by atoms with van der Waals surface area (Å²) in [5.41, 5.74) is 2.99. The number of benzene rings is 1. The SMILES string of the molecule is O=C(O)C1CCc2[nH]c3ncc(F)c(C4CCN(C(=O)c5ccc(OC(F)(F)F)cc5)CC4)c3c2C1. The van der Waals surface area contributed by atoms with E-state index < -0.39 is 29.8 Å². The molecule has 3 aromatic rings. The fourth-order valence-corrected chi connectivity index (χ4v) is 5.34. The molecule has 5 rings (SSSR count). The lowest BCUT2D eigenvalue weighted by molar-refractivity contribution is -0.274. The number of carbonyl (C=O) groups excluding carboxylic acids is 1. The molecule has 1 atom stereocenters. The smallest absolute Gasteiger partial charge is 0.481 e. The number of pyridine rings is 1. The fraction of sp³-hybridized carbons (Fsp3) is 0.400. The average Bonchev–Trinajstić information content (AvgIpc) is 3.21. The number of aromatic amines is 1. The predicted octanol–water partition coefficient (Wildman–Crippen LogP) is 4.81. The topological polar surface area (TPSA) is 95.5 Å². The van der Waals surface area contributed by atoms with Crippen LogP contribution in [0.15, 0.2) is 30.5 Å². The third-order valence-corrected chi connectivity index (χ3v) is 7.07. The summed E-state index contributed by atoms with van der Waals surface area (Å²) in [6.07, 6.45) is -1.28. The number of H-pyrrole nitrogens is 1. The fourth-order valence-electron chi connectivity index (χ4n) is 5.34. The van der Waals surface area contributed by atoms with Crippen molar-refractivity contribution in [3.05, 3.63) is 58.7 Å². The first kappa shape index (κ1) is 24.1. The van der Waals surface area contributed by atoms with E-state index in [9.17, 15) is 27.9 Å².